The maximum Gasteiger partial charge on any atom is 0.341 e. The van der Waals surface area contributed by atoms with Crippen LogP contribution in [0.4, 0.5) is 0 Å². The second-order valence-electron chi connectivity index (χ2n) is 20.4. The molecule has 426 valence electrons. The lowest BCUT2D eigenvalue weighted by Crippen LogP contribution is -2.31. The molecule has 0 aromatic heterocycles. The average Bonchev–Trinajstić information content (AvgIpc) is 3.45. The molecule has 0 aliphatic heterocycles. The number of carbonyl (C=O) groups excluding carboxylic acids is 7. The van der Waals surface area contributed by atoms with Crippen molar-refractivity contribution in [1.29, 1.82) is 0 Å². The van der Waals surface area contributed by atoms with E-state index in [4.69, 9.17) is 42.6 Å². The first-order chi connectivity index (χ1) is 37.5. The lowest BCUT2D eigenvalue weighted by molar-refractivity contribution is -0.145. The summed E-state index contributed by atoms with van der Waals surface area (Å²) in [6.45, 7) is 20.8. The van der Waals surface area contributed by atoms with E-state index in [-0.39, 0.29) is 46.8 Å². The Bertz CT molecular complexity index is 2470. The third-order valence-electron chi connectivity index (χ3n) is 13.5. The summed E-state index contributed by atoms with van der Waals surface area (Å²) >= 11 is 0. The number of rotatable bonds is 28. The van der Waals surface area contributed by atoms with Gasteiger partial charge in [0.25, 0.3) is 0 Å². The van der Waals surface area contributed by atoms with Gasteiger partial charge in [-0.15, -0.1) is 6.58 Å². The van der Waals surface area contributed by atoms with Crippen molar-refractivity contribution >= 4 is 41.8 Å². The van der Waals surface area contributed by atoms with Gasteiger partial charge in [-0.05, 0) is 175 Å². The van der Waals surface area contributed by atoms with Crippen molar-refractivity contribution in [2.45, 2.75) is 156 Å². The van der Waals surface area contributed by atoms with E-state index in [0.717, 1.165) is 74.3 Å². The maximum atomic E-state index is 13.4. The van der Waals surface area contributed by atoms with E-state index in [9.17, 15) is 33.6 Å². The second kappa shape index (κ2) is 33.4. The van der Waals surface area contributed by atoms with E-state index in [1.165, 1.54) is 31.4 Å². The fourth-order valence-corrected chi connectivity index (χ4v) is 9.06. The molecule has 0 unspecified atom stereocenters. The third-order valence-corrected chi connectivity index (χ3v) is 13.5. The van der Waals surface area contributed by atoms with E-state index >= 15 is 0 Å². The highest BCUT2D eigenvalue weighted by Crippen LogP contribution is 2.38. The van der Waals surface area contributed by atoms with Gasteiger partial charge in [-0.3, -0.25) is 24.0 Å². The SMILES string of the molecule is C=CCC(=O)OCCCCCCOc1ccc(OC(=O)C2CCC(C(=O)Oc3ccc(OC(=O)C4CCC(C(=O)Oc5ccc(OCCCCCCOC(=O)C=C)c(C)c5)CC4)c(C(=O)OC)c3)CC2)cc1C(C)(C)C.CC. The molecule has 0 N–H and O–H groups in total. The van der Waals surface area contributed by atoms with Crippen molar-refractivity contribution in [3.8, 4) is 34.5 Å². The lowest BCUT2D eigenvalue weighted by atomic mass is 9.82. The molecular weight excluding hydrogens is 1000 g/mol. The highest BCUT2D eigenvalue weighted by molar-refractivity contribution is 5.94. The zero-order valence-electron chi connectivity index (χ0n) is 47.0. The molecule has 0 atom stereocenters. The number of ether oxygens (including phenoxy) is 9. The first kappa shape index (κ1) is 63.6. The first-order valence-electron chi connectivity index (χ1n) is 27.6. The van der Waals surface area contributed by atoms with Crippen molar-refractivity contribution < 1.29 is 76.2 Å². The van der Waals surface area contributed by atoms with Gasteiger partial charge in [0.05, 0.1) is 63.6 Å². The normalized spacial score (nSPS) is 16.9. The van der Waals surface area contributed by atoms with Gasteiger partial charge in [-0.1, -0.05) is 47.3 Å². The Morgan fingerprint density at radius 2 is 0.936 bits per heavy atom. The van der Waals surface area contributed by atoms with Crippen LogP contribution in [0.5, 0.6) is 34.5 Å². The average molecular weight is 1080 g/mol. The fraction of sp³-hybridized carbons (Fsp3) is 0.532. The maximum absolute atomic E-state index is 13.4. The molecule has 3 aromatic carbocycles. The van der Waals surface area contributed by atoms with Crippen molar-refractivity contribution in [3.63, 3.8) is 0 Å². The first-order valence-corrected chi connectivity index (χ1v) is 27.6. The van der Waals surface area contributed by atoms with Gasteiger partial charge in [0.15, 0.2) is 0 Å². The molecule has 2 saturated carbocycles. The Balaban J connectivity index is 0.00000648. The van der Waals surface area contributed by atoms with Crippen LogP contribution in [-0.2, 0) is 48.4 Å². The number of esters is 7. The molecule has 16 heteroatoms. The predicted molar refractivity (Wildman–Crippen MR) is 294 cm³/mol. The molecule has 16 nitrogen and oxygen atoms in total. The van der Waals surface area contributed by atoms with Crippen LogP contribution in [0.1, 0.15) is 165 Å². The second-order valence-corrected chi connectivity index (χ2v) is 20.4. The zero-order chi connectivity index (χ0) is 57.0. The summed E-state index contributed by atoms with van der Waals surface area (Å²) in [5.74, 6) is -2.90. The fourth-order valence-electron chi connectivity index (χ4n) is 9.06. The third kappa shape index (κ3) is 21.1. The molecule has 3 aromatic rings. The predicted octanol–water partition coefficient (Wildman–Crippen LogP) is 12.5. The minimum atomic E-state index is -0.792. The number of hydrogen-bond acceptors (Lipinski definition) is 16. The van der Waals surface area contributed by atoms with E-state index in [2.05, 4.69) is 33.9 Å². The molecule has 2 aliphatic rings. The highest BCUT2D eigenvalue weighted by atomic mass is 16.6. The molecule has 0 heterocycles. The summed E-state index contributed by atoms with van der Waals surface area (Å²) in [5.41, 5.74) is 1.34. The molecule has 0 radical (unpaired) electrons. The van der Waals surface area contributed by atoms with Gasteiger partial charge < -0.3 is 42.6 Å². The number of methoxy groups -OCH3 is 1. The standard InChI is InChI=1S/C60H76O16.C2H6/c1-8-18-54(62)72-36-17-13-11-15-34-70-52-32-29-47(39-49(52)60(4,5)6)75-57(65)43-21-19-42(20-22-43)56(64)74-46-28-31-51(48(38-46)59(67)68-7)76-58(66)44-25-23-41(24-26-44)55(63)73-45-27-30-50(40(3)37-45)69-33-14-10-12-16-35-71-53(61)9-2;1-2/h8-9,27-32,37-39,41-44H,1-2,10-26,33-36H2,3-7H3;1-2H3. The van der Waals surface area contributed by atoms with Crippen LogP contribution in [0.2, 0.25) is 0 Å². The molecule has 0 spiro atoms. The van der Waals surface area contributed by atoms with Crippen LogP contribution in [0, 0.1) is 30.6 Å². The van der Waals surface area contributed by atoms with E-state index in [1.807, 2.05) is 32.9 Å². The Labute approximate surface area is 460 Å². The minimum Gasteiger partial charge on any atom is -0.493 e. The molecule has 2 fully saturated rings. The Morgan fingerprint density at radius 1 is 0.526 bits per heavy atom. The highest BCUT2D eigenvalue weighted by Gasteiger charge is 2.35. The summed E-state index contributed by atoms with van der Waals surface area (Å²) in [4.78, 5) is 88.9. The number of benzene rings is 3. The van der Waals surface area contributed by atoms with Gasteiger partial charge in [0, 0.05) is 11.6 Å². The van der Waals surface area contributed by atoms with Crippen LogP contribution in [0.15, 0.2) is 79.9 Å². The van der Waals surface area contributed by atoms with Gasteiger partial charge in [0.1, 0.15) is 40.1 Å². The van der Waals surface area contributed by atoms with Gasteiger partial charge in [-0.25, -0.2) is 9.59 Å². The number of aryl methyl sites for hydroxylation is 1. The molecule has 2 aliphatic carbocycles. The molecular formula is C62H82O16. The smallest absolute Gasteiger partial charge is 0.341 e. The summed E-state index contributed by atoms with van der Waals surface area (Å²) in [7, 11) is 1.19. The lowest BCUT2D eigenvalue weighted by Gasteiger charge is -2.27. The number of unbranched alkanes of at least 4 members (excludes halogenated alkanes) is 6. The number of hydrogen-bond donors (Lipinski definition) is 0. The minimum absolute atomic E-state index is 0.0510. The summed E-state index contributed by atoms with van der Waals surface area (Å²) in [5, 5.41) is 0. The van der Waals surface area contributed by atoms with Gasteiger partial charge in [-0.2, -0.15) is 0 Å². The molecule has 0 amide bonds. The van der Waals surface area contributed by atoms with E-state index in [1.54, 1.807) is 24.3 Å². The zero-order valence-corrected chi connectivity index (χ0v) is 47.0. The largest absolute Gasteiger partial charge is 0.493 e. The Hall–Kier alpha value is -6.97. The van der Waals surface area contributed by atoms with Gasteiger partial charge in [0.2, 0.25) is 0 Å². The van der Waals surface area contributed by atoms with Crippen LogP contribution in [0.3, 0.4) is 0 Å². The topological polar surface area (TPSA) is 203 Å². The number of carbonyl (C=O) groups is 7. The van der Waals surface area contributed by atoms with Crippen molar-refractivity contribution in [2.24, 2.45) is 23.7 Å². The molecule has 0 bridgehead atoms. The van der Waals surface area contributed by atoms with Crippen LogP contribution in [-0.4, -0.2) is 75.3 Å². The van der Waals surface area contributed by atoms with Crippen LogP contribution < -0.4 is 28.4 Å². The van der Waals surface area contributed by atoms with E-state index < -0.39 is 47.5 Å². The van der Waals surface area contributed by atoms with Crippen LogP contribution in [0.25, 0.3) is 0 Å². The summed E-state index contributed by atoms with van der Waals surface area (Å²) < 4.78 is 50.2. The van der Waals surface area contributed by atoms with Gasteiger partial charge >= 0.3 is 41.8 Å². The Kier molecular flexibility index (Phi) is 27.2. The molecule has 78 heavy (non-hydrogen) atoms. The quantitative estimate of drug-likeness (QED) is 0.0166. The monoisotopic (exact) mass is 1080 g/mol. The van der Waals surface area contributed by atoms with Crippen LogP contribution >= 0.6 is 0 Å². The van der Waals surface area contributed by atoms with Crippen molar-refractivity contribution in [2.75, 3.05) is 33.5 Å². The summed E-state index contributed by atoms with van der Waals surface area (Å²) in [6, 6.07) is 14.8. The molecule has 0 saturated heterocycles. The molecule has 5 rings (SSSR count). The van der Waals surface area contributed by atoms with E-state index in [0.29, 0.717) is 95.0 Å². The summed E-state index contributed by atoms with van der Waals surface area (Å²) in [6.07, 6.45) is 13.0. The van der Waals surface area contributed by atoms with Crippen molar-refractivity contribution in [3.05, 3.63) is 96.6 Å². The van der Waals surface area contributed by atoms with Crippen molar-refractivity contribution in [1.82, 2.24) is 0 Å². The Morgan fingerprint density at radius 3 is 1.38 bits per heavy atom.